The minimum absolute atomic E-state index is 0.217. The summed E-state index contributed by atoms with van der Waals surface area (Å²) in [6.07, 6.45) is 1.77. The first-order chi connectivity index (χ1) is 15.4. The van der Waals surface area contributed by atoms with Crippen LogP contribution >= 0.6 is 23.8 Å². The molecule has 10 heteroatoms. The van der Waals surface area contributed by atoms with E-state index in [1.807, 2.05) is 30.3 Å². The van der Waals surface area contributed by atoms with Gasteiger partial charge < -0.3 is 10.4 Å². The first kappa shape index (κ1) is 23.5. The third kappa shape index (κ3) is 6.66. The summed E-state index contributed by atoms with van der Waals surface area (Å²) in [4.78, 5) is 24.7. The van der Waals surface area contributed by atoms with Crippen LogP contribution in [0.1, 0.15) is 24.8 Å². The van der Waals surface area contributed by atoms with Gasteiger partial charge in [-0.3, -0.25) is 9.59 Å². The van der Waals surface area contributed by atoms with Gasteiger partial charge in [0.05, 0.1) is 22.5 Å². The van der Waals surface area contributed by atoms with Gasteiger partial charge in [-0.15, -0.1) is 5.10 Å². The Hall–Kier alpha value is -3.17. The predicted octanol–water partition coefficient (Wildman–Crippen LogP) is 3.35. The number of aliphatic carboxylic acids is 1. The van der Waals surface area contributed by atoms with Gasteiger partial charge in [-0.1, -0.05) is 66.3 Å². The molecule has 0 aliphatic carbocycles. The fourth-order valence-corrected chi connectivity index (χ4v) is 3.70. The molecule has 1 heterocycles. The third-order valence-electron chi connectivity index (χ3n) is 4.77. The molecule has 1 unspecified atom stereocenters. The second-order valence-corrected chi connectivity index (χ2v) is 8.06. The predicted molar refractivity (Wildman–Crippen MR) is 124 cm³/mol. The first-order valence-electron chi connectivity index (χ1n) is 10.0. The zero-order chi connectivity index (χ0) is 22.9. The smallest absolute Gasteiger partial charge is 0.305 e. The number of rotatable bonds is 11. The van der Waals surface area contributed by atoms with Crippen LogP contribution < -0.4 is 5.32 Å². The highest BCUT2D eigenvalue weighted by atomic mass is 35.5. The van der Waals surface area contributed by atoms with E-state index in [9.17, 15) is 14.7 Å². The van der Waals surface area contributed by atoms with E-state index in [-0.39, 0.29) is 6.54 Å². The highest BCUT2D eigenvalue weighted by Gasteiger charge is 2.24. The van der Waals surface area contributed by atoms with E-state index < -0.39 is 24.2 Å². The van der Waals surface area contributed by atoms with Crippen molar-refractivity contribution in [1.82, 2.24) is 25.5 Å². The van der Waals surface area contributed by atoms with Gasteiger partial charge in [-0.25, -0.2) is 4.68 Å². The lowest BCUT2D eigenvalue weighted by atomic mass is 10.1. The van der Waals surface area contributed by atoms with Crippen LogP contribution in [-0.2, 0) is 22.6 Å². The van der Waals surface area contributed by atoms with Crippen LogP contribution in [0, 0.1) is 0 Å². The van der Waals surface area contributed by atoms with Gasteiger partial charge in [-0.05, 0) is 47.4 Å². The quantitative estimate of drug-likeness (QED) is 0.410. The summed E-state index contributed by atoms with van der Waals surface area (Å²) in [5, 5.41) is 24.1. The SMILES string of the molecule is O=C(O)CC(NC(=S)CCCc1ccccc1)C(=O)Cn1nnnc1-c1ccccc1Cl. The number of aromatic nitrogens is 4. The van der Waals surface area contributed by atoms with Gasteiger partial charge in [-0.2, -0.15) is 0 Å². The number of tetrazole rings is 1. The summed E-state index contributed by atoms with van der Waals surface area (Å²) in [5.41, 5.74) is 1.77. The van der Waals surface area contributed by atoms with Gasteiger partial charge in [0, 0.05) is 5.56 Å². The molecule has 0 radical (unpaired) electrons. The summed E-state index contributed by atoms with van der Waals surface area (Å²) in [6.45, 7) is -0.217. The topological polar surface area (TPSA) is 110 Å². The molecule has 8 nitrogen and oxygen atoms in total. The molecular weight excluding hydrogens is 450 g/mol. The van der Waals surface area contributed by atoms with Crippen molar-refractivity contribution in [3.8, 4) is 11.4 Å². The number of nitrogens with one attached hydrogen (secondary N) is 1. The van der Waals surface area contributed by atoms with Crippen LogP contribution in [0.25, 0.3) is 11.4 Å². The van der Waals surface area contributed by atoms with Gasteiger partial charge in [0.25, 0.3) is 0 Å². The zero-order valence-electron chi connectivity index (χ0n) is 17.1. The number of halogens is 1. The normalized spacial score (nSPS) is 11.7. The number of nitrogens with zero attached hydrogens (tertiary/aromatic N) is 4. The summed E-state index contributed by atoms with van der Waals surface area (Å²) in [7, 11) is 0. The molecule has 3 rings (SSSR count). The van der Waals surface area contributed by atoms with Crippen molar-refractivity contribution in [3.63, 3.8) is 0 Å². The molecule has 0 amide bonds. The van der Waals surface area contributed by atoms with Crippen molar-refractivity contribution in [2.24, 2.45) is 0 Å². The Bertz CT molecular complexity index is 1090. The minimum atomic E-state index is -1.11. The maximum absolute atomic E-state index is 12.9. The van der Waals surface area contributed by atoms with Crippen LogP contribution in [0.5, 0.6) is 0 Å². The standard InChI is InChI=1S/C22H22ClN5O3S/c23-17-11-5-4-10-16(17)22-25-26-27-28(22)14-19(29)18(13-21(30)31)24-20(32)12-6-9-15-7-2-1-3-8-15/h1-5,7-8,10-11,18H,6,9,12-14H2,(H,24,32)(H,30,31). The fraction of sp³-hybridized carbons (Fsp3) is 0.273. The Kier molecular flexibility index (Phi) is 8.41. The van der Waals surface area contributed by atoms with E-state index in [1.165, 1.54) is 10.2 Å². The molecule has 0 bridgehead atoms. The summed E-state index contributed by atoms with van der Waals surface area (Å²) < 4.78 is 1.30. The molecule has 1 atom stereocenters. The highest BCUT2D eigenvalue weighted by molar-refractivity contribution is 7.80. The van der Waals surface area contributed by atoms with Crippen molar-refractivity contribution in [3.05, 3.63) is 65.2 Å². The van der Waals surface area contributed by atoms with Crippen LogP contribution in [0.15, 0.2) is 54.6 Å². The van der Waals surface area contributed by atoms with E-state index in [4.69, 9.17) is 23.8 Å². The Morgan fingerprint density at radius 1 is 1.12 bits per heavy atom. The maximum atomic E-state index is 12.9. The number of benzene rings is 2. The molecule has 2 N–H and O–H groups in total. The summed E-state index contributed by atoms with van der Waals surface area (Å²) in [5.74, 6) is -1.17. The minimum Gasteiger partial charge on any atom is -0.481 e. The third-order valence-corrected chi connectivity index (χ3v) is 5.42. The highest BCUT2D eigenvalue weighted by Crippen LogP contribution is 2.25. The molecule has 32 heavy (non-hydrogen) atoms. The molecule has 2 aromatic carbocycles. The molecule has 0 saturated heterocycles. The number of ketones is 1. The van der Waals surface area contributed by atoms with E-state index in [1.54, 1.807) is 24.3 Å². The molecule has 166 valence electrons. The number of hydrogen-bond acceptors (Lipinski definition) is 6. The molecule has 0 aliphatic heterocycles. The number of carboxylic acid groups (broad SMARTS) is 1. The second kappa shape index (κ2) is 11.4. The number of carbonyl (C=O) groups is 2. The molecule has 0 aliphatic rings. The lowest BCUT2D eigenvalue weighted by molar-refractivity contribution is -0.139. The lowest BCUT2D eigenvalue weighted by Gasteiger charge is -2.18. The van der Waals surface area contributed by atoms with Crippen molar-refractivity contribution in [2.45, 2.75) is 38.3 Å². The summed E-state index contributed by atoms with van der Waals surface area (Å²) in [6, 6.07) is 16.0. The average molecular weight is 472 g/mol. The number of aryl methyl sites for hydroxylation is 1. The van der Waals surface area contributed by atoms with Crippen LogP contribution in [-0.4, -0.2) is 48.1 Å². The Labute approximate surface area is 195 Å². The largest absolute Gasteiger partial charge is 0.481 e. The van der Waals surface area contributed by atoms with E-state index >= 15 is 0 Å². The molecule has 0 fully saturated rings. The van der Waals surface area contributed by atoms with E-state index in [0.29, 0.717) is 27.8 Å². The van der Waals surface area contributed by atoms with E-state index in [2.05, 4.69) is 20.8 Å². The number of thiocarbonyl (C=S) groups is 1. The number of carbonyl (C=O) groups excluding carboxylic acids is 1. The van der Waals surface area contributed by atoms with Crippen molar-refractivity contribution >= 4 is 40.6 Å². The number of carboxylic acids is 1. The fourth-order valence-electron chi connectivity index (χ4n) is 3.19. The molecular formula is C22H22ClN5O3S. The monoisotopic (exact) mass is 471 g/mol. The lowest BCUT2D eigenvalue weighted by Crippen LogP contribution is -2.43. The van der Waals surface area contributed by atoms with Gasteiger partial charge in [0.2, 0.25) is 0 Å². The van der Waals surface area contributed by atoms with Gasteiger partial charge in [0.1, 0.15) is 6.54 Å². The number of hydrogen-bond donors (Lipinski definition) is 2. The molecule has 0 spiro atoms. The van der Waals surface area contributed by atoms with Crippen molar-refractivity contribution in [1.29, 1.82) is 0 Å². The van der Waals surface area contributed by atoms with Crippen molar-refractivity contribution in [2.75, 3.05) is 0 Å². The van der Waals surface area contributed by atoms with Crippen LogP contribution in [0.2, 0.25) is 5.02 Å². The molecule has 3 aromatic rings. The first-order valence-corrected chi connectivity index (χ1v) is 10.8. The van der Waals surface area contributed by atoms with Gasteiger partial charge >= 0.3 is 5.97 Å². The van der Waals surface area contributed by atoms with Gasteiger partial charge in [0.15, 0.2) is 11.6 Å². The second-order valence-electron chi connectivity index (χ2n) is 7.16. The summed E-state index contributed by atoms with van der Waals surface area (Å²) >= 11 is 11.6. The Balaban J connectivity index is 1.63. The molecule has 0 saturated carbocycles. The maximum Gasteiger partial charge on any atom is 0.305 e. The van der Waals surface area contributed by atoms with Crippen LogP contribution in [0.4, 0.5) is 0 Å². The number of Topliss-reactive ketones (excluding diaryl/α,β-unsaturated/α-hetero) is 1. The van der Waals surface area contributed by atoms with E-state index in [0.717, 1.165) is 12.8 Å². The molecule has 1 aromatic heterocycles. The zero-order valence-corrected chi connectivity index (χ0v) is 18.7. The Morgan fingerprint density at radius 3 is 2.56 bits per heavy atom. The Morgan fingerprint density at radius 2 is 1.84 bits per heavy atom. The average Bonchev–Trinajstić information content (AvgIpc) is 3.22. The van der Waals surface area contributed by atoms with Crippen molar-refractivity contribution < 1.29 is 14.7 Å². The van der Waals surface area contributed by atoms with Crippen LogP contribution in [0.3, 0.4) is 0 Å².